The summed E-state index contributed by atoms with van der Waals surface area (Å²) in [7, 11) is 1.45. The van der Waals surface area contributed by atoms with E-state index >= 15 is 0 Å². The van der Waals surface area contributed by atoms with Gasteiger partial charge in [-0.1, -0.05) is 13.8 Å². The molecule has 0 atom stereocenters. The van der Waals surface area contributed by atoms with Crippen LogP contribution in [0.4, 0.5) is 19.1 Å². The van der Waals surface area contributed by atoms with Gasteiger partial charge in [-0.05, 0) is 6.07 Å². The molecule has 1 heterocycles. The lowest BCUT2D eigenvalue weighted by molar-refractivity contribution is -0.141. The number of alkyl halides is 3. The van der Waals surface area contributed by atoms with Crippen molar-refractivity contribution < 1.29 is 13.2 Å². The lowest BCUT2D eigenvalue weighted by Gasteiger charge is -2.05. The van der Waals surface area contributed by atoms with Crippen LogP contribution in [-0.2, 0) is 6.18 Å². The van der Waals surface area contributed by atoms with Crippen LogP contribution in [0, 0.1) is 0 Å². The smallest absolute Gasteiger partial charge is 0.357 e. The average Bonchev–Trinajstić information content (AvgIpc) is 2.20. The largest absolute Gasteiger partial charge is 0.433 e. The third-order valence-electron chi connectivity index (χ3n) is 1.17. The molecule has 1 N–H and O–H groups in total. The van der Waals surface area contributed by atoms with Crippen molar-refractivity contribution in [3.05, 3.63) is 18.0 Å². The fourth-order valence-corrected chi connectivity index (χ4v) is 0.637. The van der Waals surface area contributed by atoms with Crippen LogP contribution in [0.25, 0.3) is 0 Å². The molecule has 6 heteroatoms. The maximum absolute atomic E-state index is 12.0. The summed E-state index contributed by atoms with van der Waals surface area (Å²) in [6.45, 7) is 4.00. The summed E-state index contributed by atoms with van der Waals surface area (Å²) < 4.78 is 36.0. The number of nitrogens with one attached hydrogen (secondary N) is 1. The van der Waals surface area contributed by atoms with Crippen molar-refractivity contribution in [2.24, 2.45) is 0 Å². The second kappa shape index (κ2) is 5.41. The maximum Gasteiger partial charge on any atom is 0.433 e. The second-order valence-corrected chi connectivity index (χ2v) is 2.01. The van der Waals surface area contributed by atoms with E-state index in [0.29, 0.717) is 0 Å². The number of halogens is 3. The fourth-order valence-electron chi connectivity index (χ4n) is 0.637. The zero-order valence-electron chi connectivity index (χ0n) is 8.18. The molecule has 14 heavy (non-hydrogen) atoms. The van der Waals surface area contributed by atoms with Gasteiger partial charge in [0.15, 0.2) is 0 Å². The van der Waals surface area contributed by atoms with Gasteiger partial charge in [-0.2, -0.15) is 13.2 Å². The Morgan fingerprint density at radius 3 is 2.29 bits per heavy atom. The van der Waals surface area contributed by atoms with E-state index in [9.17, 15) is 13.2 Å². The standard InChI is InChI=1S/C6H6F3N3.C2H6/c1-10-5-11-3-2-4(12-5)6(7,8)9;1-2/h2-3H,1H3,(H,10,11,12);1-2H3. The number of anilines is 1. The highest BCUT2D eigenvalue weighted by Gasteiger charge is 2.32. The molecule has 80 valence electrons. The molecule has 0 spiro atoms. The summed E-state index contributed by atoms with van der Waals surface area (Å²) in [5, 5.41) is 2.42. The minimum Gasteiger partial charge on any atom is -0.357 e. The Labute approximate surface area is 80.4 Å². The van der Waals surface area contributed by atoms with Crippen LogP contribution in [0.3, 0.4) is 0 Å². The fraction of sp³-hybridized carbons (Fsp3) is 0.500. The van der Waals surface area contributed by atoms with E-state index in [-0.39, 0.29) is 5.95 Å². The van der Waals surface area contributed by atoms with Crippen molar-refractivity contribution in [3.63, 3.8) is 0 Å². The molecule has 3 nitrogen and oxygen atoms in total. The number of hydrogen-bond acceptors (Lipinski definition) is 3. The Morgan fingerprint density at radius 1 is 1.29 bits per heavy atom. The molecule has 0 amide bonds. The van der Waals surface area contributed by atoms with Crippen molar-refractivity contribution >= 4 is 5.95 Å². The van der Waals surface area contributed by atoms with Gasteiger partial charge in [0.05, 0.1) is 0 Å². The topological polar surface area (TPSA) is 37.8 Å². The van der Waals surface area contributed by atoms with Gasteiger partial charge in [0, 0.05) is 13.2 Å². The average molecular weight is 207 g/mol. The van der Waals surface area contributed by atoms with E-state index in [4.69, 9.17) is 0 Å². The summed E-state index contributed by atoms with van der Waals surface area (Å²) in [4.78, 5) is 6.76. The quantitative estimate of drug-likeness (QED) is 0.769. The summed E-state index contributed by atoms with van der Waals surface area (Å²) >= 11 is 0. The lowest BCUT2D eigenvalue weighted by atomic mass is 10.4. The Bertz CT molecular complexity index is 273. The second-order valence-electron chi connectivity index (χ2n) is 2.01. The highest BCUT2D eigenvalue weighted by molar-refractivity contribution is 5.24. The molecular weight excluding hydrogens is 195 g/mol. The lowest BCUT2D eigenvalue weighted by Crippen LogP contribution is -2.09. The first-order valence-corrected chi connectivity index (χ1v) is 4.12. The first kappa shape index (κ1) is 12.7. The molecule has 1 rings (SSSR count). The van der Waals surface area contributed by atoms with Gasteiger partial charge in [0.2, 0.25) is 5.95 Å². The van der Waals surface area contributed by atoms with Crippen molar-refractivity contribution in [2.75, 3.05) is 12.4 Å². The molecule has 0 aliphatic heterocycles. The molecule has 1 aromatic rings. The van der Waals surface area contributed by atoms with Crippen molar-refractivity contribution in [2.45, 2.75) is 20.0 Å². The molecule has 0 fully saturated rings. The number of rotatable bonds is 1. The van der Waals surface area contributed by atoms with E-state index in [2.05, 4.69) is 15.3 Å². The Kier molecular flexibility index (Phi) is 4.90. The molecule has 0 aliphatic rings. The van der Waals surface area contributed by atoms with Crippen LogP contribution in [0.5, 0.6) is 0 Å². The van der Waals surface area contributed by atoms with Crippen LogP contribution in [0.2, 0.25) is 0 Å². The normalized spacial score (nSPS) is 10.1. The summed E-state index contributed by atoms with van der Waals surface area (Å²) in [5.74, 6) is -0.0372. The summed E-state index contributed by atoms with van der Waals surface area (Å²) in [5.41, 5.74) is -0.943. The van der Waals surface area contributed by atoms with E-state index < -0.39 is 11.9 Å². The van der Waals surface area contributed by atoms with Crippen LogP contribution in [-0.4, -0.2) is 17.0 Å². The van der Waals surface area contributed by atoms with E-state index in [1.807, 2.05) is 13.8 Å². The number of hydrogen-bond donors (Lipinski definition) is 1. The maximum atomic E-state index is 12.0. The first-order chi connectivity index (χ1) is 6.54. The zero-order valence-corrected chi connectivity index (χ0v) is 8.18. The third kappa shape index (κ3) is 3.59. The van der Waals surface area contributed by atoms with Gasteiger partial charge in [-0.15, -0.1) is 0 Å². The number of aromatic nitrogens is 2. The van der Waals surface area contributed by atoms with Gasteiger partial charge in [-0.25, -0.2) is 9.97 Å². The summed E-state index contributed by atoms with van der Waals surface area (Å²) in [6.07, 6.45) is -3.35. The third-order valence-corrected chi connectivity index (χ3v) is 1.17. The molecule has 1 aromatic heterocycles. The molecule has 0 unspecified atom stereocenters. The molecule has 0 radical (unpaired) electrons. The highest BCUT2D eigenvalue weighted by Crippen LogP contribution is 2.27. The Morgan fingerprint density at radius 2 is 1.86 bits per heavy atom. The predicted octanol–water partition coefficient (Wildman–Crippen LogP) is 2.56. The monoisotopic (exact) mass is 207 g/mol. The van der Waals surface area contributed by atoms with Gasteiger partial charge >= 0.3 is 6.18 Å². The minimum atomic E-state index is -4.41. The molecule has 0 aromatic carbocycles. The zero-order chi connectivity index (χ0) is 11.2. The molecule has 0 saturated carbocycles. The van der Waals surface area contributed by atoms with Crippen LogP contribution in [0.1, 0.15) is 19.5 Å². The van der Waals surface area contributed by atoms with E-state index in [0.717, 1.165) is 12.3 Å². The molecule has 0 aliphatic carbocycles. The van der Waals surface area contributed by atoms with Crippen molar-refractivity contribution in [1.29, 1.82) is 0 Å². The van der Waals surface area contributed by atoms with E-state index in [1.165, 1.54) is 7.05 Å². The van der Waals surface area contributed by atoms with Crippen LogP contribution >= 0.6 is 0 Å². The van der Waals surface area contributed by atoms with Crippen molar-refractivity contribution in [3.8, 4) is 0 Å². The van der Waals surface area contributed by atoms with Gasteiger partial charge in [0.1, 0.15) is 5.69 Å². The summed E-state index contributed by atoms with van der Waals surface area (Å²) in [6, 6.07) is 0.820. The van der Waals surface area contributed by atoms with Gasteiger partial charge in [0.25, 0.3) is 0 Å². The predicted molar refractivity (Wildman–Crippen MR) is 47.9 cm³/mol. The van der Waals surface area contributed by atoms with E-state index in [1.54, 1.807) is 0 Å². The Hall–Kier alpha value is -1.33. The van der Waals surface area contributed by atoms with Crippen LogP contribution in [0.15, 0.2) is 12.3 Å². The van der Waals surface area contributed by atoms with Crippen LogP contribution < -0.4 is 5.32 Å². The van der Waals surface area contributed by atoms with Gasteiger partial charge in [-0.3, -0.25) is 0 Å². The van der Waals surface area contributed by atoms with Gasteiger partial charge < -0.3 is 5.32 Å². The molecular formula is C8H12F3N3. The minimum absolute atomic E-state index is 0.0372. The number of nitrogens with zero attached hydrogens (tertiary/aromatic N) is 2. The Balaban J connectivity index is 0.000000791. The highest BCUT2D eigenvalue weighted by atomic mass is 19.4. The SMILES string of the molecule is CC.CNc1nccc(C(F)(F)F)n1. The first-order valence-electron chi connectivity index (χ1n) is 4.12. The van der Waals surface area contributed by atoms with Crippen molar-refractivity contribution in [1.82, 2.24) is 9.97 Å². The molecule has 0 bridgehead atoms. The molecule has 0 saturated heterocycles.